The van der Waals surface area contributed by atoms with Crippen molar-refractivity contribution in [1.29, 1.82) is 0 Å². The van der Waals surface area contributed by atoms with Gasteiger partial charge in [-0.25, -0.2) is 9.97 Å². The number of aliphatic imine (C=N–C) groups is 1. The fraction of sp³-hybridized carbons (Fsp3) is 0.400. The summed E-state index contributed by atoms with van der Waals surface area (Å²) >= 11 is 7.23. The number of aliphatic hydroxyl groups excluding tert-OH is 1. The van der Waals surface area contributed by atoms with Crippen molar-refractivity contribution in [3.8, 4) is 0 Å². The van der Waals surface area contributed by atoms with Crippen LogP contribution < -0.4 is 10.6 Å². The molecule has 0 aliphatic carbocycles. The third-order valence-corrected chi connectivity index (χ3v) is 5.12. The maximum absolute atomic E-state index is 10.1. The SMILES string of the molecule is NC(=NCC(O)c1ccc(Cl)s1)N1CCN(c2ncccn2)CC1. The van der Waals surface area contributed by atoms with Crippen LogP contribution in [0.15, 0.2) is 35.6 Å². The molecule has 0 spiro atoms. The van der Waals surface area contributed by atoms with Gasteiger partial charge in [0, 0.05) is 43.4 Å². The number of hydrogen-bond donors (Lipinski definition) is 2. The molecule has 0 amide bonds. The van der Waals surface area contributed by atoms with Crippen molar-refractivity contribution in [2.45, 2.75) is 6.10 Å². The van der Waals surface area contributed by atoms with Gasteiger partial charge in [-0.1, -0.05) is 11.6 Å². The predicted molar refractivity (Wildman–Crippen MR) is 96.6 cm³/mol. The van der Waals surface area contributed by atoms with E-state index in [9.17, 15) is 5.11 Å². The first kappa shape index (κ1) is 16.9. The van der Waals surface area contributed by atoms with Gasteiger partial charge in [-0.3, -0.25) is 4.99 Å². The van der Waals surface area contributed by atoms with Crippen LogP contribution in [0.2, 0.25) is 4.34 Å². The Morgan fingerprint density at radius 1 is 1.29 bits per heavy atom. The maximum atomic E-state index is 10.1. The van der Waals surface area contributed by atoms with Gasteiger partial charge < -0.3 is 20.6 Å². The van der Waals surface area contributed by atoms with Crippen LogP contribution in [0.5, 0.6) is 0 Å². The van der Waals surface area contributed by atoms with Crippen LogP contribution in [0.4, 0.5) is 5.95 Å². The number of thiophene rings is 1. The second kappa shape index (κ2) is 7.78. The van der Waals surface area contributed by atoms with Gasteiger partial charge in [0.1, 0.15) is 6.10 Å². The Morgan fingerprint density at radius 3 is 2.62 bits per heavy atom. The van der Waals surface area contributed by atoms with Gasteiger partial charge in [-0.05, 0) is 18.2 Å². The average Bonchev–Trinajstić information content (AvgIpc) is 3.07. The smallest absolute Gasteiger partial charge is 0.225 e. The lowest BCUT2D eigenvalue weighted by Gasteiger charge is -2.35. The monoisotopic (exact) mass is 366 g/mol. The van der Waals surface area contributed by atoms with E-state index in [1.165, 1.54) is 11.3 Å². The molecule has 0 saturated carbocycles. The van der Waals surface area contributed by atoms with Gasteiger partial charge in [-0.2, -0.15) is 0 Å². The number of nitrogens with zero attached hydrogens (tertiary/aromatic N) is 5. The number of piperazine rings is 1. The quantitative estimate of drug-likeness (QED) is 0.627. The minimum Gasteiger partial charge on any atom is -0.386 e. The predicted octanol–water partition coefficient (Wildman–Crippen LogP) is 1.36. The van der Waals surface area contributed by atoms with Crippen molar-refractivity contribution < 1.29 is 5.11 Å². The zero-order chi connectivity index (χ0) is 16.9. The van der Waals surface area contributed by atoms with Crippen LogP contribution in [0.3, 0.4) is 0 Å². The lowest BCUT2D eigenvalue weighted by atomic mass is 10.3. The van der Waals surface area contributed by atoms with Crippen molar-refractivity contribution in [2.24, 2.45) is 10.7 Å². The maximum Gasteiger partial charge on any atom is 0.225 e. The first-order chi connectivity index (χ1) is 11.6. The summed E-state index contributed by atoms with van der Waals surface area (Å²) < 4.78 is 0.653. The van der Waals surface area contributed by atoms with Crippen LogP contribution in [-0.4, -0.2) is 58.7 Å². The van der Waals surface area contributed by atoms with Crippen molar-refractivity contribution in [1.82, 2.24) is 14.9 Å². The molecule has 3 N–H and O–H groups in total. The molecule has 7 nitrogen and oxygen atoms in total. The zero-order valence-corrected chi connectivity index (χ0v) is 14.6. The molecule has 1 aliphatic rings. The highest BCUT2D eigenvalue weighted by Gasteiger charge is 2.20. The summed E-state index contributed by atoms with van der Waals surface area (Å²) in [4.78, 5) is 17.8. The normalized spacial score (nSPS) is 17.2. The molecule has 24 heavy (non-hydrogen) atoms. The highest BCUT2D eigenvalue weighted by atomic mass is 35.5. The number of anilines is 1. The number of nitrogens with two attached hydrogens (primary N) is 1. The summed E-state index contributed by atoms with van der Waals surface area (Å²) in [5, 5.41) is 10.1. The van der Waals surface area contributed by atoms with Crippen LogP contribution >= 0.6 is 22.9 Å². The molecular formula is C15H19ClN6OS. The van der Waals surface area contributed by atoms with Gasteiger partial charge in [-0.15, -0.1) is 11.3 Å². The Kier molecular flexibility index (Phi) is 5.49. The number of aromatic nitrogens is 2. The Hall–Kier alpha value is -1.90. The van der Waals surface area contributed by atoms with E-state index in [0.717, 1.165) is 37.0 Å². The zero-order valence-electron chi connectivity index (χ0n) is 13.0. The van der Waals surface area contributed by atoms with Gasteiger partial charge in [0.25, 0.3) is 0 Å². The van der Waals surface area contributed by atoms with Crippen LogP contribution in [0, 0.1) is 0 Å². The van der Waals surface area contributed by atoms with E-state index < -0.39 is 6.10 Å². The lowest BCUT2D eigenvalue weighted by Crippen LogP contribution is -2.51. The molecule has 0 radical (unpaired) electrons. The summed E-state index contributed by atoms with van der Waals surface area (Å²) in [7, 11) is 0. The molecule has 0 aromatic carbocycles. The van der Waals surface area contributed by atoms with E-state index in [4.69, 9.17) is 17.3 Å². The molecule has 1 fully saturated rings. The van der Waals surface area contributed by atoms with Gasteiger partial charge in [0.2, 0.25) is 5.95 Å². The largest absolute Gasteiger partial charge is 0.386 e. The van der Waals surface area contributed by atoms with Crippen molar-refractivity contribution >= 4 is 34.8 Å². The molecule has 1 unspecified atom stereocenters. The standard InChI is InChI=1S/C15H19ClN6OS/c16-13-3-2-12(24-13)11(23)10-20-14(17)21-6-8-22(9-7-21)15-18-4-1-5-19-15/h1-5,11,23H,6-10H2,(H2,17,20). The van der Waals surface area contributed by atoms with E-state index in [2.05, 4.69) is 19.9 Å². The molecule has 9 heteroatoms. The third kappa shape index (κ3) is 4.14. The van der Waals surface area contributed by atoms with E-state index in [0.29, 0.717) is 10.3 Å². The number of halogens is 1. The van der Waals surface area contributed by atoms with Gasteiger partial charge in [0.05, 0.1) is 10.9 Å². The Balaban J connectivity index is 1.52. The first-order valence-electron chi connectivity index (χ1n) is 7.63. The van der Waals surface area contributed by atoms with E-state index in [1.54, 1.807) is 24.5 Å². The van der Waals surface area contributed by atoms with Crippen molar-refractivity contribution in [3.05, 3.63) is 39.8 Å². The summed E-state index contributed by atoms with van der Waals surface area (Å²) in [5.41, 5.74) is 6.06. The summed E-state index contributed by atoms with van der Waals surface area (Å²) in [5.74, 6) is 1.18. The number of guanidine groups is 1. The Labute approximate surface area is 149 Å². The molecule has 2 aromatic rings. The molecule has 3 rings (SSSR count). The molecule has 1 atom stereocenters. The third-order valence-electron chi connectivity index (χ3n) is 3.79. The van der Waals surface area contributed by atoms with E-state index in [1.807, 2.05) is 11.0 Å². The van der Waals surface area contributed by atoms with Crippen LogP contribution in [0.25, 0.3) is 0 Å². The molecule has 3 heterocycles. The number of aliphatic hydroxyl groups is 1. The summed E-state index contributed by atoms with van der Waals surface area (Å²) in [6.45, 7) is 3.28. The molecule has 0 bridgehead atoms. The van der Waals surface area contributed by atoms with Gasteiger partial charge in [0.15, 0.2) is 5.96 Å². The molecule has 128 valence electrons. The molecule has 1 aliphatic heterocycles. The highest BCUT2D eigenvalue weighted by molar-refractivity contribution is 7.16. The Morgan fingerprint density at radius 2 is 2.00 bits per heavy atom. The topological polar surface area (TPSA) is 90.9 Å². The average molecular weight is 367 g/mol. The van der Waals surface area contributed by atoms with E-state index in [-0.39, 0.29) is 6.54 Å². The number of rotatable bonds is 4. The van der Waals surface area contributed by atoms with Crippen molar-refractivity contribution in [3.63, 3.8) is 0 Å². The Bertz CT molecular complexity index is 686. The summed E-state index contributed by atoms with van der Waals surface area (Å²) in [6.07, 6.45) is 2.80. The summed E-state index contributed by atoms with van der Waals surface area (Å²) in [6, 6.07) is 5.38. The van der Waals surface area contributed by atoms with Crippen LogP contribution in [0.1, 0.15) is 11.0 Å². The fourth-order valence-corrected chi connectivity index (χ4v) is 3.51. The van der Waals surface area contributed by atoms with Crippen LogP contribution in [-0.2, 0) is 0 Å². The minimum absolute atomic E-state index is 0.227. The number of hydrogen-bond acceptors (Lipinski definition) is 6. The minimum atomic E-state index is -0.681. The molecule has 2 aromatic heterocycles. The molecular weight excluding hydrogens is 348 g/mol. The van der Waals surface area contributed by atoms with Gasteiger partial charge >= 0.3 is 0 Å². The molecule has 1 saturated heterocycles. The second-order valence-electron chi connectivity index (χ2n) is 5.38. The lowest BCUT2D eigenvalue weighted by molar-refractivity contribution is 0.190. The second-order valence-corrected chi connectivity index (χ2v) is 7.13. The fourth-order valence-electron chi connectivity index (χ4n) is 2.47. The first-order valence-corrected chi connectivity index (χ1v) is 8.83. The van der Waals surface area contributed by atoms with Crippen molar-refractivity contribution in [2.75, 3.05) is 37.6 Å². The highest BCUT2D eigenvalue weighted by Crippen LogP contribution is 2.26. The van der Waals surface area contributed by atoms with E-state index >= 15 is 0 Å².